The van der Waals surface area contributed by atoms with E-state index in [0.29, 0.717) is 43.2 Å². The Labute approximate surface area is 192 Å². The van der Waals surface area contributed by atoms with Gasteiger partial charge in [-0.3, -0.25) is 9.52 Å². The molecule has 5 rings (SSSR count). The van der Waals surface area contributed by atoms with Gasteiger partial charge in [-0.1, -0.05) is 6.92 Å². The number of rotatable bonds is 6. The number of alkyl halides is 3. The van der Waals surface area contributed by atoms with E-state index in [1.54, 1.807) is 21.5 Å². The van der Waals surface area contributed by atoms with Crippen molar-refractivity contribution in [1.82, 2.24) is 24.3 Å². The van der Waals surface area contributed by atoms with Crippen LogP contribution in [0.2, 0.25) is 0 Å². The van der Waals surface area contributed by atoms with Crippen molar-refractivity contribution in [2.45, 2.75) is 38.2 Å². The number of aromatic nitrogens is 5. The Balaban J connectivity index is 1.58. The number of hydrogen-bond donors (Lipinski definition) is 0. The first-order valence-corrected chi connectivity index (χ1v) is 10.8. The molecule has 34 heavy (non-hydrogen) atoms. The molecule has 0 N–H and O–H groups in total. The van der Waals surface area contributed by atoms with Crippen molar-refractivity contribution in [3.8, 4) is 6.07 Å². The lowest BCUT2D eigenvalue weighted by molar-refractivity contribution is -0.214. The van der Waals surface area contributed by atoms with Crippen molar-refractivity contribution in [3.63, 3.8) is 0 Å². The molecule has 10 nitrogen and oxygen atoms in total. The van der Waals surface area contributed by atoms with E-state index in [2.05, 4.69) is 21.1 Å². The van der Waals surface area contributed by atoms with Crippen LogP contribution < -0.4 is 5.06 Å². The predicted molar refractivity (Wildman–Crippen MR) is 112 cm³/mol. The summed E-state index contributed by atoms with van der Waals surface area (Å²) in [5.74, 6) is 0.0186. The number of anilines is 2. The zero-order valence-electron chi connectivity index (χ0n) is 18.4. The number of ether oxygens (including phenoxy) is 2. The Hall–Kier alpha value is -3.21. The van der Waals surface area contributed by atoms with Gasteiger partial charge < -0.3 is 14.0 Å². The van der Waals surface area contributed by atoms with E-state index < -0.39 is 12.3 Å². The van der Waals surface area contributed by atoms with Gasteiger partial charge in [-0.2, -0.15) is 33.6 Å². The highest BCUT2D eigenvalue weighted by Gasteiger charge is 2.40. The monoisotopic (exact) mass is 477 g/mol. The maximum Gasteiger partial charge on any atom is 0.416 e. The highest BCUT2D eigenvalue weighted by atomic mass is 19.4. The number of nitriles is 1. The number of fused-ring (bicyclic) bond motifs is 1. The first-order valence-electron chi connectivity index (χ1n) is 10.8. The van der Waals surface area contributed by atoms with Crippen LogP contribution in [0.4, 0.5) is 24.8 Å². The van der Waals surface area contributed by atoms with E-state index in [-0.39, 0.29) is 29.6 Å². The van der Waals surface area contributed by atoms with Gasteiger partial charge in [-0.15, -0.1) is 0 Å². The molecular weight excluding hydrogens is 455 g/mol. The van der Waals surface area contributed by atoms with Gasteiger partial charge in [0.2, 0.25) is 0 Å². The minimum atomic E-state index is -4.61. The highest BCUT2D eigenvalue weighted by molar-refractivity contribution is 5.79. The summed E-state index contributed by atoms with van der Waals surface area (Å²) in [6, 6.07) is 3.68. The van der Waals surface area contributed by atoms with Crippen LogP contribution >= 0.6 is 0 Å². The third kappa shape index (κ3) is 3.97. The van der Waals surface area contributed by atoms with Crippen molar-refractivity contribution in [1.29, 1.82) is 5.26 Å². The van der Waals surface area contributed by atoms with Crippen molar-refractivity contribution in [2.24, 2.45) is 5.92 Å². The van der Waals surface area contributed by atoms with E-state index in [0.717, 1.165) is 12.0 Å². The van der Waals surface area contributed by atoms with Crippen molar-refractivity contribution in [2.75, 3.05) is 31.5 Å². The van der Waals surface area contributed by atoms with Crippen LogP contribution in [-0.2, 0) is 14.3 Å². The quantitative estimate of drug-likeness (QED) is 0.499. The minimum Gasteiger partial charge on any atom is -0.379 e. The van der Waals surface area contributed by atoms with E-state index >= 15 is 0 Å². The largest absolute Gasteiger partial charge is 0.416 e. The highest BCUT2D eigenvalue weighted by Crippen LogP contribution is 2.34. The molecule has 0 radical (unpaired) electrons. The first kappa shape index (κ1) is 22.6. The summed E-state index contributed by atoms with van der Waals surface area (Å²) >= 11 is 0. The molecule has 2 saturated heterocycles. The summed E-state index contributed by atoms with van der Waals surface area (Å²) in [4.78, 5) is 14.1. The van der Waals surface area contributed by atoms with Crippen LogP contribution in [0.15, 0.2) is 24.7 Å². The molecule has 2 aliphatic rings. The molecule has 0 aliphatic carbocycles. The molecule has 3 aromatic rings. The summed E-state index contributed by atoms with van der Waals surface area (Å²) in [5.41, 5.74) is 1.02. The lowest BCUT2D eigenvalue weighted by atomic mass is 10.1. The lowest BCUT2D eigenvalue weighted by Crippen LogP contribution is -2.35. The second kappa shape index (κ2) is 8.53. The summed E-state index contributed by atoms with van der Waals surface area (Å²) in [7, 11) is 0. The third-order valence-corrected chi connectivity index (χ3v) is 6.06. The molecule has 180 valence electrons. The molecule has 0 spiro atoms. The Kier molecular flexibility index (Phi) is 5.67. The molecular formula is C21H22F3N7O3. The van der Waals surface area contributed by atoms with Gasteiger partial charge >= 0.3 is 6.18 Å². The molecule has 3 aromatic heterocycles. The predicted octanol–water partition coefficient (Wildman–Crippen LogP) is 3.30. The van der Waals surface area contributed by atoms with Gasteiger partial charge in [0.25, 0.3) is 5.95 Å². The van der Waals surface area contributed by atoms with Gasteiger partial charge in [-0.25, -0.2) is 4.98 Å². The van der Waals surface area contributed by atoms with Gasteiger partial charge in [0.05, 0.1) is 50.9 Å². The molecule has 13 heteroatoms. The van der Waals surface area contributed by atoms with Crippen LogP contribution in [0.1, 0.15) is 31.6 Å². The third-order valence-electron chi connectivity index (χ3n) is 6.06. The summed E-state index contributed by atoms with van der Waals surface area (Å²) in [5, 5.41) is 15.4. The Morgan fingerprint density at radius 1 is 1.24 bits per heavy atom. The fourth-order valence-electron chi connectivity index (χ4n) is 3.95. The molecule has 2 aliphatic heterocycles. The van der Waals surface area contributed by atoms with Gasteiger partial charge in [0.15, 0.2) is 6.10 Å². The lowest BCUT2D eigenvalue weighted by Gasteiger charge is -2.27. The molecule has 2 fully saturated rings. The summed E-state index contributed by atoms with van der Waals surface area (Å²) in [6.07, 6.45) is -2.32. The first-order chi connectivity index (χ1) is 16.3. The molecule has 5 heterocycles. The van der Waals surface area contributed by atoms with Crippen LogP contribution in [0, 0.1) is 17.2 Å². The van der Waals surface area contributed by atoms with Crippen molar-refractivity contribution in [3.05, 3.63) is 30.4 Å². The average molecular weight is 477 g/mol. The number of halogens is 3. The van der Waals surface area contributed by atoms with Gasteiger partial charge in [0, 0.05) is 17.5 Å². The van der Waals surface area contributed by atoms with Crippen LogP contribution in [0.5, 0.6) is 0 Å². The van der Waals surface area contributed by atoms with Crippen molar-refractivity contribution < 1.29 is 27.5 Å². The van der Waals surface area contributed by atoms with Crippen LogP contribution in [0.25, 0.3) is 11.0 Å². The van der Waals surface area contributed by atoms with E-state index in [9.17, 15) is 18.4 Å². The second-order valence-electron chi connectivity index (χ2n) is 8.50. The topological polar surface area (TPSA) is 103 Å². The maximum absolute atomic E-state index is 13.4. The Morgan fingerprint density at radius 2 is 2.00 bits per heavy atom. The zero-order valence-corrected chi connectivity index (χ0v) is 18.4. The van der Waals surface area contributed by atoms with E-state index in [4.69, 9.17) is 14.3 Å². The van der Waals surface area contributed by atoms with Gasteiger partial charge in [0.1, 0.15) is 23.1 Å². The standard InChI is InChI=1S/C21H22F3N7O3/c1-12-8-32-11-18(12)30-15(4-25)3-14-5-26-20(28-19(14)30)31(34-13(2)21(22,23)24)16-6-27-29(7-16)17-9-33-10-17/h3,5-7,12-13,17-18H,8-11H2,1-2H3/t12-,13+,18-/m0/s1. The molecule has 0 aromatic carbocycles. The molecule has 3 atom stereocenters. The minimum absolute atomic E-state index is 0.00156. The van der Waals surface area contributed by atoms with Crippen molar-refractivity contribution >= 4 is 22.7 Å². The normalized spacial score (nSPS) is 22.0. The van der Waals surface area contributed by atoms with E-state index in [1.807, 2.05) is 6.92 Å². The van der Waals surface area contributed by atoms with E-state index in [1.165, 1.54) is 12.4 Å². The second-order valence-corrected chi connectivity index (χ2v) is 8.50. The Morgan fingerprint density at radius 3 is 2.62 bits per heavy atom. The molecule has 0 saturated carbocycles. The molecule has 0 unspecified atom stereocenters. The number of hydrogen-bond acceptors (Lipinski definition) is 8. The SMILES string of the molecule is C[C@H]1COC[C@@H]1n1c(C#N)cc2cnc(N(O[C@H](C)C(F)(F)F)c3cnn(C4COC4)c3)nc21. The summed E-state index contributed by atoms with van der Waals surface area (Å²) < 4.78 is 54.2. The number of nitrogens with zero attached hydrogens (tertiary/aromatic N) is 7. The van der Waals surface area contributed by atoms with Crippen LogP contribution in [0.3, 0.4) is 0 Å². The van der Waals surface area contributed by atoms with Gasteiger partial charge in [-0.05, 0) is 13.0 Å². The zero-order chi connectivity index (χ0) is 24.0. The summed E-state index contributed by atoms with van der Waals surface area (Å²) in [6.45, 7) is 4.79. The smallest absolute Gasteiger partial charge is 0.379 e. The maximum atomic E-state index is 13.4. The van der Waals surface area contributed by atoms with Crippen LogP contribution in [-0.4, -0.2) is 63.0 Å². The fraction of sp³-hybridized carbons (Fsp3) is 0.524. The molecule has 0 bridgehead atoms. The molecule has 0 amide bonds. The Bertz CT molecular complexity index is 1230. The average Bonchev–Trinajstić information content (AvgIpc) is 3.47. The fourth-order valence-corrected chi connectivity index (χ4v) is 3.95.